The third-order valence-corrected chi connectivity index (χ3v) is 4.70. The van der Waals surface area contributed by atoms with Crippen molar-refractivity contribution in [3.8, 4) is 11.5 Å². The Morgan fingerprint density at radius 2 is 1.71 bits per heavy atom. The average molecular weight is 386 g/mol. The molecule has 1 N–H and O–H groups in total. The molecule has 0 saturated carbocycles. The maximum atomic E-state index is 13.2. The third-order valence-electron chi connectivity index (χ3n) is 4.70. The molecule has 1 saturated heterocycles. The van der Waals surface area contributed by atoms with Crippen LogP contribution in [-0.2, 0) is 10.3 Å². The molecule has 8 heteroatoms. The van der Waals surface area contributed by atoms with Crippen LogP contribution in [0, 0.1) is 5.82 Å². The molecule has 28 heavy (non-hydrogen) atoms. The molecule has 0 unspecified atom stereocenters. The molecule has 1 aliphatic rings. The second-order valence-electron chi connectivity index (χ2n) is 6.45. The van der Waals surface area contributed by atoms with Crippen LogP contribution >= 0.6 is 0 Å². The largest absolute Gasteiger partial charge is 0.493 e. The first-order valence-electron chi connectivity index (χ1n) is 8.45. The fourth-order valence-corrected chi connectivity index (χ4v) is 3.06. The van der Waals surface area contributed by atoms with Gasteiger partial charge in [0.25, 0.3) is 5.91 Å². The Labute approximate surface area is 161 Å². The molecule has 146 valence electrons. The van der Waals surface area contributed by atoms with E-state index in [9.17, 15) is 18.8 Å². The molecular weight excluding hydrogens is 367 g/mol. The summed E-state index contributed by atoms with van der Waals surface area (Å²) in [5.74, 6) is -0.657. The number of hydrogen-bond acceptors (Lipinski definition) is 5. The maximum Gasteiger partial charge on any atom is 0.325 e. The first-order chi connectivity index (χ1) is 13.3. The van der Waals surface area contributed by atoms with Crippen molar-refractivity contribution < 1.29 is 28.2 Å². The molecule has 2 aromatic rings. The van der Waals surface area contributed by atoms with Gasteiger partial charge in [-0.15, -0.1) is 0 Å². The zero-order valence-corrected chi connectivity index (χ0v) is 15.6. The number of hydrogen-bond donors (Lipinski definition) is 1. The zero-order chi connectivity index (χ0) is 20.5. The van der Waals surface area contributed by atoms with Crippen LogP contribution in [0.15, 0.2) is 42.5 Å². The number of ether oxygens (including phenoxy) is 2. The summed E-state index contributed by atoms with van der Waals surface area (Å²) in [7, 11) is 2.92. The van der Waals surface area contributed by atoms with E-state index in [1.807, 2.05) is 0 Å². The molecule has 0 bridgehead atoms. The van der Waals surface area contributed by atoms with Gasteiger partial charge < -0.3 is 14.8 Å². The average Bonchev–Trinajstić information content (AvgIpc) is 2.91. The number of carbonyl (C=O) groups is 3. The van der Waals surface area contributed by atoms with E-state index >= 15 is 0 Å². The maximum absolute atomic E-state index is 13.2. The van der Waals surface area contributed by atoms with Crippen molar-refractivity contribution in [1.29, 1.82) is 0 Å². The van der Waals surface area contributed by atoms with Crippen LogP contribution in [-0.4, -0.2) is 43.4 Å². The van der Waals surface area contributed by atoms with E-state index in [1.165, 1.54) is 57.5 Å². The Kier molecular flexibility index (Phi) is 5.04. The fourth-order valence-electron chi connectivity index (χ4n) is 3.06. The Hall–Kier alpha value is -3.42. The first kappa shape index (κ1) is 19.3. The molecule has 2 aromatic carbocycles. The van der Waals surface area contributed by atoms with Gasteiger partial charge in [-0.25, -0.2) is 9.18 Å². The standard InChI is InChI=1S/C20H19FN2O5/c1-20(13-5-7-14(21)8-6-13)18(25)23(19(26)22-20)11-15(24)12-4-9-16(27-2)17(10-12)28-3/h4-10H,11H2,1-3H3,(H,22,26)/t20-/m1/s1. The number of amides is 3. The van der Waals surface area contributed by atoms with Gasteiger partial charge in [0.05, 0.1) is 20.8 Å². The highest BCUT2D eigenvalue weighted by Gasteiger charge is 2.49. The molecule has 3 amide bonds. The second-order valence-corrected chi connectivity index (χ2v) is 6.45. The van der Waals surface area contributed by atoms with E-state index in [-0.39, 0.29) is 5.56 Å². The van der Waals surface area contributed by atoms with Crippen LogP contribution in [0.3, 0.4) is 0 Å². The van der Waals surface area contributed by atoms with E-state index in [0.717, 1.165) is 4.90 Å². The van der Waals surface area contributed by atoms with E-state index in [2.05, 4.69) is 5.32 Å². The lowest BCUT2D eigenvalue weighted by Gasteiger charge is -2.22. The highest BCUT2D eigenvalue weighted by Crippen LogP contribution is 2.30. The number of methoxy groups -OCH3 is 2. The molecule has 0 aromatic heterocycles. The zero-order valence-electron chi connectivity index (χ0n) is 15.6. The SMILES string of the molecule is COc1ccc(C(=O)CN2C(=O)N[C@](C)(c3ccc(F)cc3)C2=O)cc1OC. The minimum absolute atomic E-state index is 0.272. The summed E-state index contributed by atoms with van der Waals surface area (Å²) in [5.41, 5.74) is -0.676. The molecule has 0 aliphatic carbocycles. The number of Topliss-reactive ketones (excluding diaryl/α,β-unsaturated/α-hetero) is 1. The van der Waals surface area contributed by atoms with E-state index < -0.39 is 35.6 Å². The van der Waals surface area contributed by atoms with Gasteiger partial charge in [-0.3, -0.25) is 14.5 Å². The number of imide groups is 1. The lowest BCUT2D eigenvalue weighted by atomic mass is 9.92. The van der Waals surface area contributed by atoms with Crippen molar-refractivity contribution in [2.24, 2.45) is 0 Å². The highest BCUT2D eigenvalue weighted by atomic mass is 19.1. The van der Waals surface area contributed by atoms with Gasteiger partial charge in [-0.2, -0.15) is 0 Å². The molecule has 0 radical (unpaired) electrons. The summed E-state index contributed by atoms with van der Waals surface area (Å²) in [6.07, 6.45) is 0. The van der Waals surface area contributed by atoms with Gasteiger partial charge in [-0.1, -0.05) is 12.1 Å². The summed E-state index contributed by atoms with van der Waals surface area (Å²) in [6.45, 7) is 1.08. The van der Waals surface area contributed by atoms with Gasteiger partial charge in [0.15, 0.2) is 17.3 Å². The van der Waals surface area contributed by atoms with Crippen molar-refractivity contribution in [1.82, 2.24) is 10.2 Å². The van der Waals surface area contributed by atoms with Gasteiger partial charge in [0.2, 0.25) is 0 Å². The number of ketones is 1. The number of urea groups is 1. The monoisotopic (exact) mass is 386 g/mol. The highest BCUT2D eigenvalue weighted by molar-refractivity contribution is 6.11. The quantitative estimate of drug-likeness (QED) is 0.609. The van der Waals surface area contributed by atoms with Crippen LogP contribution < -0.4 is 14.8 Å². The van der Waals surface area contributed by atoms with Crippen LogP contribution in [0.25, 0.3) is 0 Å². The lowest BCUT2D eigenvalue weighted by Crippen LogP contribution is -2.41. The number of nitrogens with one attached hydrogen (secondary N) is 1. The van der Waals surface area contributed by atoms with Crippen molar-refractivity contribution in [3.05, 3.63) is 59.4 Å². The molecule has 7 nitrogen and oxygen atoms in total. The Balaban J connectivity index is 1.83. The molecule has 1 fully saturated rings. The Morgan fingerprint density at radius 3 is 2.32 bits per heavy atom. The second kappa shape index (κ2) is 7.30. The van der Waals surface area contributed by atoms with Crippen molar-refractivity contribution in [2.45, 2.75) is 12.5 Å². The first-order valence-corrected chi connectivity index (χ1v) is 8.45. The Bertz CT molecular complexity index is 944. The number of carbonyl (C=O) groups excluding carboxylic acids is 3. The fraction of sp³-hybridized carbons (Fsp3) is 0.250. The van der Waals surface area contributed by atoms with Crippen molar-refractivity contribution in [3.63, 3.8) is 0 Å². The molecule has 1 atom stereocenters. The summed E-state index contributed by atoms with van der Waals surface area (Å²) < 4.78 is 23.5. The topological polar surface area (TPSA) is 84.9 Å². The van der Waals surface area contributed by atoms with E-state index in [4.69, 9.17) is 9.47 Å². The summed E-state index contributed by atoms with van der Waals surface area (Å²) in [4.78, 5) is 38.7. The van der Waals surface area contributed by atoms with Crippen molar-refractivity contribution in [2.75, 3.05) is 20.8 Å². The summed E-state index contributed by atoms with van der Waals surface area (Å²) in [5, 5.41) is 2.58. The molecular formula is C20H19FN2O5. The minimum Gasteiger partial charge on any atom is -0.493 e. The van der Waals surface area contributed by atoms with Gasteiger partial charge in [0.1, 0.15) is 11.4 Å². The van der Waals surface area contributed by atoms with Crippen LogP contribution in [0.1, 0.15) is 22.8 Å². The number of nitrogens with zero attached hydrogens (tertiary/aromatic N) is 1. The molecule has 1 heterocycles. The molecule has 0 spiro atoms. The summed E-state index contributed by atoms with van der Waals surface area (Å²) >= 11 is 0. The number of halogens is 1. The lowest BCUT2D eigenvalue weighted by molar-refractivity contribution is -0.130. The Morgan fingerprint density at radius 1 is 1.07 bits per heavy atom. The molecule has 3 rings (SSSR count). The minimum atomic E-state index is -1.37. The normalized spacial score (nSPS) is 18.8. The van der Waals surface area contributed by atoms with E-state index in [1.54, 1.807) is 6.07 Å². The molecule has 1 aliphatic heterocycles. The number of rotatable bonds is 6. The third kappa shape index (κ3) is 3.28. The predicted octanol–water partition coefficient (Wildman–Crippen LogP) is 2.49. The van der Waals surface area contributed by atoms with Crippen molar-refractivity contribution >= 4 is 17.7 Å². The van der Waals surface area contributed by atoms with E-state index in [0.29, 0.717) is 17.1 Å². The van der Waals surface area contributed by atoms with Gasteiger partial charge in [-0.05, 0) is 42.8 Å². The smallest absolute Gasteiger partial charge is 0.325 e. The van der Waals surface area contributed by atoms with Crippen LogP contribution in [0.4, 0.5) is 9.18 Å². The van der Waals surface area contributed by atoms with Crippen LogP contribution in [0.2, 0.25) is 0 Å². The van der Waals surface area contributed by atoms with Gasteiger partial charge in [0, 0.05) is 5.56 Å². The predicted molar refractivity (Wildman–Crippen MR) is 97.9 cm³/mol. The number of benzene rings is 2. The summed E-state index contributed by atoms with van der Waals surface area (Å²) in [6, 6.07) is 9.15. The van der Waals surface area contributed by atoms with Crippen LogP contribution in [0.5, 0.6) is 11.5 Å². The van der Waals surface area contributed by atoms with Gasteiger partial charge >= 0.3 is 6.03 Å².